The third-order valence-electron chi connectivity index (χ3n) is 5.15. The topological polar surface area (TPSA) is 57.2 Å². The Morgan fingerprint density at radius 1 is 1.07 bits per heavy atom. The van der Waals surface area contributed by atoms with Crippen LogP contribution in [0.5, 0.6) is 5.75 Å². The zero-order valence-electron chi connectivity index (χ0n) is 16.4. The summed E-state index contributed by atoms with van der Waals surface area (Å²) < 4.78 is 7.71. The SMILES string of the molecule is CCc1c(-c2ccccc2C)c(C(N)=O)c(C)n1Cc1ccccc1OC. The van der Waals surface area contributed by atoms with Crippen molar-refractivity contribution in [2.24, 2.45) is 5.73 Å². The quantitative estimate of drug-likeness (QED) is 0.702. The summed E-state index contributed by atoms with van der Waals surface area (Å²) in [6, 6.07) is 16.1. The maximum absolute atomic E-state index is 12.4. The molecule has 0 saturated carbocycles. The number of nitrogens with two attached hydrogens (primary N) is 1. The van der Waals surface area contributed by atoms with Gasteiger partial charge in [0.25, 0.3) is 5.91 Å². The average molecular weight is 362 g/mol. The number of amides is 1. The first-order chi connectivity index (χ1) is 13.0. The number of carbonyl (C=O) groups excluding carboxylic acids is 1. The van der Waals surface area contributed by atoms with Crippen molar-refractivity contribution in [2.45, 2.75) is 33.7 Å². The predicted molar refractivity (Wildman–Crippen MR) is 109 cm³/mol. The number of methoxy groups -OCH3 is 1. The van der Waals surface area contributed by atoms with E-state index in [1.165, 1.54) is 0 Å². The van der Waals surface area contributed by atoms with Crippen LogP contribution in [0.1, 0.15) is 39.8 Å². The second kappa shape index (κ2) is 7.70. The summed E-state index contributed by atoms with van der Waals surface area (Å²) in [5, 5.41) is 0. The number of aromatic nitrogens is 1. The lowest BCUT2D eigenvalue weighted by Gasteiger charge is -2.15. The summed E-state index contributed by atoms with van der Waals surface area (Å²) in [6.45, 7) is 6.77. The first-order valence-corrected chi connectivity index (χ1v) is 9.19. The Hall–Kier alpha value is -3.01. The Bertz CT molecular complexity index is 986. The van der Waals surface area contributed by atoms with Crippen LogP contribution in [-0.4, -0.2) is 17.6 Å². The third-order valence-corrected chi connectivity index (χ3v) is 5.15. The molecule has 140 valence electrons. The molecular formula is C23H26N2O2. The van der Waals surface area contributed by atoms with Crippen molar-refractivity contribution < 1.29 is 9.53 Å². The van der Waals surface area contributed by atoms with Gasteiger partial charge in [0, 0.05) is 22.5 Å². The second-order valence-electron chi connectivity index (χ2n) is 6.71. The Balaban J connectivity index is 2.26. The van der Waals surface area contributed by atoms with E-state index in [-0.39, 0.29) is 5.91 Å². The molecule has 0 unspecified atom stereocenters. The van der Waals surface area contributed by atoms with E-state index in [1.807, 2.05) is 37.3 Å². The zero-order chi connectivity index (χ0) is 19.6. The van der Waals surface area contributed by atoms with Gasteiger partial charge in [-0.25, -0.2) is 0 Å². The van der Waals surface area contributed by atoms with Gasteiger partial charge in [-0.1, -0.05) is 49.4 Å². The van der Waals surface area contributed by atoms with Gasteiger partial charge in [0.05, 0.1) is 19.2 Å². The van der Waals surface area contributed by atoms with Gasteiger partial charge in [0.15, 0.2) is 0 Å². The highest BCUT2D eigenvalue weighted by atomic mass is 16.5. The molecule has 0 radical (unpaired) electrons. The molecule has 1 aromatic heterocycles. The van der Waals surface area contributed by atoms with Gasteiger partial charge in [-0.3, -0.25) is 4.79 Å². The van der Waals surface area contributed by atoms with Crippen LogP contribution in [0.2, 0.25) is 0 Å². The van der Waals surface area contributed by atoms with E-state index in [0.29, 0.717) is 12.1 Å². The van der Waals surface area contributed by atoms with E-state index in [1.54, 1.807) is 7.11 Å². The third kappa shape index (κ3) is 3.35. The molecular weight excluding hydrogens is 336 g/mol. The number of para-hydroxylation sites is 1. The minimum Gasteiger partial charge on any atom is -0.496 e. The van der Waals surface area contributed by atoms with Crippen molar-refractivity contribution in [1.29, 1.82) is 0 Å². The summed E-state index contributed by atoms with van der Waals surface area (Å²) in [5.41, 5.74) is 12.6. The van der Waals surface area contributed by atoms with Crippen molar-refractivity contribution in [1.82, 2.24) is 4.57 Å². The van der Waals surface area contributed by atoms with Crippen LogP contribution in [0.15, 0.2) is 48.5 Å². The molecule has 0 spiro atoms. The van der Waals surface area contributed by atoms with Crippen LogP contribution in [0.3, 0.4) is 0 Å². The molecule has 4 nitrogen and oxygen atoms in total. The van der Waals surface area contributed by atoms with Gasteiger partial charge >= 0.3 is 0 Å². The van der Waals surface area contributed by atoms with Gasteiger partial charge in [0.1, 0.15) is 5.75 Å². The lowest BCUT2D eigenvalue weighted by molar-refractivity contribution is 0.1000. The lowest BCUT2D eigenvalue weighted by atomic mass is 9.95. The average Bonchev–Trinajstić information content (AvgIpc) is 2.94. The van der Waals surface area contributed by atoms with Gasteiger partial charge < -0.3 is 15.0 Å². The number of hydrogen-bond acceptors (Lipinski definition) is 2. The minimum absolute atomic E-state index is 0.390. The fourth-order valence-electron chi connectivity index (χ4n) is 3.83. The van der Waals surface area contributed by atoms with Crippen molar-refractivity contribution in [3.8, 4) is 16.9 Å². The van der Waals surface area contributed by atoms with Crippen LogP contribution in [0, 0.1) is 13.8 Å². The Morgan fingerprint density at radius 2 is 1.74 bits per heavy atom. The van der Waals surface area contributed by atoms with Crippen LogP contribution in [-0.2, 0) is 13.0 Å². The van der Waals surface area contributed by atoms with Crippen LogP contribution >= 0.6 is 0 Å². The van der Waals surface area contributed by atoms with E-state index in [4.69, 9.17) is 10.5 Å². The second-order valence-corrected chi connectivity index (χ2v) is 6.71. The van der Waals surface area contributed by atoms with E-state index >= 15 is 0 Å². The number of aryl methyl sites for hydroxylation is 1. The summed E-state index contributed by atoms with van der Waals surface area (Å²) in [6.07, 6.45) is 0.799. The first kappa shape index (κ1) is 18.8. The molecule has 0 fully saturated rings. The predicted octanol–water partition coefficient (Wildman–Crippen LogP) is 4.49. The lowest BCUT2D eigenvalue weighted by Crippen LogP contribution is -2.14. The van der Waals surface area contributed by atoms with E-state index in [0.717, 1.165) is 45.8 Å². The number of primary amides is 1. The molecule has 3 rings (SSSR count). The minimum atomic E-state index is -0.390. The monoisotopic (exact) mass is 362 g/mol. The molecule has 0 saturated heterocycles. The van der Waals surface area contributed by atoms with Crippen LogP contribution in [0.25, 0.3) is 11.1 Å². The molecule has 4 heteroatoms. The molecule has 0 atom stereocenters. The highest BCUT2D eigenvalue weighted by Crippen LogP contribution is 2.36. The molecule has 0 bridgehead atoms. The van der Waals surface area contributed by atoms with Gasteiger partial charge in [-0.05, 0) is 37.5 Å². The molecule has 3 aromatic rings. The van der Waals surface area contributed by atoms with Crippen molar-refractivity contribution in [3.63, 3.8) is 0 Å². The molecule has 0 aliphatic heterocycles. The zero-order valence-corrected chi connectivity index (χ0v) is 16.4. The first-order valence-electron chi connectivity index (χ1n) is 9.19. The van der Waals surface area contributed by atoms with Gasteiger partial charge in [-0.15, -0.1) is 0 Å². The normalized spacial score (nSPS) is 10.8. The molecule has 2 N–H and O–H groups in total. The maximum Gasteiger partial charge on any atom is 0.251 e. The maximum atomic E-state index is 12.4. The Labute approximate surface area is 160 Å². The molecule has 1 heterocycles. The van der Waals surface area contributed by atoms with E-state index < -0.39 is 0 Å². The molecule has 2 aromatic carbocycles. The van der Waals surface area contributed by atoms with E-state index in [2.05, 4.69) is 36.6 Å². The van der Waals surface area contributed by atoms with Crippen LogP contribution in [0.4, 0.5) is 0 Å². The number of carbonyl (C=O) groups is 1. The van der Waals surface area contributed by atoms with Crippen molar-refractivity contribution in [3.05, 3.63) is 76.6 Å². The highest BCUT2D eigenvalue weighted by molar-refractivity contribution is 6.02. The number of rotatable bonds is 6. The summed E-state index contributed by atoms with van der Waals surface area (Å²) in [4.78, 5) is 12.4. The van der Waals surface area contributed by atoms with Gasteiger partial charge in [0.2, 0.25) is 0 Å². The molecule has 0 aliphatic rings. The molecule has 0 aliphatic carbocycles. The molecule has 1 amide bonds. The summed E-state index contributed by atoms with van der Waals surface area (Å²) in [7, 11) is 1.68. The van der Waals surface area contributed by atoms with Crippen LogP contribution < -0.4 is 10.5 Å². The summed E-state index contributed by atoms with van der Waals surface area (Å²) in [5.74, 6) is 0.449. The van der Waals surface area contributed by atoms with Gasteiger partial charge in [-0.2, -0.15) is 0 Å². The smallest absolute Gasteiger partial charge is 0.251 e. The molecule has 27 heavy (non-hydrogen) atoms. The summed E-state index contributed by atoms with van der Waals surface area (Å²) >= 11 is 0. The Kier molecular flexibility index (Phi) is 5.36. The van der Waals surface area contributed by atoms with Crippen molar-refractivity contribution in [2.75, 3.05) is 7.11 Å². The fraction of sp³-hybridized carbons (Fsp3) is 0.261. The number of hydrogen-bond donors (Lipinski definition) is 1. The highest BCUT2D eigenvalue weighted by Gasteiger charge is 2.25. The Morgan fingerprint density at radius 3 is 2.37 bits per heavy atom. The van der Waals surface area contributed by atoms with E-state index in [9.17, 15) is 4.79 Å². The number of nitrogens with zero attached hydrogens (tertiary/aromatic N) is 1. The standard InChI is InChI=1S/C23H26N2O2/c1-5-19-22(18-12-8-6-10-15(18)2)21(23(24)26)16(3)25(19)14-17-11-7-9-13-20(17)27-4/h6-13H,5,14H2,1-4H3,(H2,24,26). The number of ether oxygens (including phenoxy) is 1. The fourth-order valence-corrected chi connectivity index (χ4v) is 3.83. The van der Waals surface area contributed by atoms with Crippen molar-refractivity contribution >= 4 is 5.91 Å². The largest absolute Gasteiger partial charge is 0.496 e. The number of benzene rings is 2.